The summed E-state index contributed by atoms with van der Waals surface area (Å²) >= 11 is 5.63. The first-order valence-electron chi connectivity index (χ1n) is 4.91. The van der Waals surface area contributed by atoms with Gasteiger partial charge in [-0.1, -0.05) is 24.4 Å². The van der Waals surface area contributed by atoms with Gasteiger partial charge in [0.05, 0.1) is 16.8 Å². The van der Waals surface area contributed by atoms with Crippen LogP contribution in [0.4, 0.5) is 4.39 Å². The van der Waals surface area contributed by atoms with Crippen LogP contribution in [0, 0.1) is 17.1 Å². The summed E-state index contributed by atoms with van der Waals surface area (Å²) < 4.78 is 13.6. The minimum absolute atomic E-state index is 0.256. The molecule has 2 rings (SSSR count). The molecule has 0 spiro atoms. The van der Waals surface area contributed by atoms with Gasteiger partial charge in [-0.15, -0.1) is 0 Å². The van der Waals surface area contributed by atoms with Gasteiger partial charge in [0, 0.05) is 6.20 Å². The Labute approximate surface area is 92.7 Å². The lowest BCUT2D eigenvalue weighted by atomic mass is 9.84. The monoisotopic (exact) mass is 224 g/mol. The van der Waals surface area contributed by atoms with Crippen molar-refractivity contribution < 1.29 is 4.39 Å². The fourth-order valence-electron chi connectivity index (χ4n) is 2.15. The van der Waals surface area contributed by atoms with E-state index >= 15 is 0 Å². The third-order valence-corrected chi connectivity index (χ3v) is 3.14. The Morgan fingerprint density at radius 3 is 2.67 bits per heavy atom. The van der Waals surface area contributed by atoms with Crippen LogP contribution in [0.25, 0.3) is 0 Å². The Hall–Kier alpha value is -1.14. The molecule has 78 valence electrons. The van der Waals surface area contributed by atoms with Crippen LogP contribution in [0.5, 0.6) is 0 Å². The van der Waals surface area contributed by atoms with Crippen molar-refractivity contribution >= 4 is 11.6 Å². The van der Waals surface area contributed by atoms with Crippen LogP contribution < -0.4 is 0 Å². The summed E-state index contributed by atoms with van der Waals surface area (Å²) in [5.74, 6) is -0.467. The summed E-state index contributed by atoms with van der Waals surface area (Å²) in [5.41, 5.74) is -0.471. The van der Waals surface area contributed by atoms with Crippen molar-refractivity contribution in [1.82, 2.24) is 4.98 Å². The Kier molecular flexibility index (Phi) is 2.62. The van der Waals surface area contributed by atoms with Gasteiger partial charge in [-0.25, -0.2) is 4.39 Å². The van der Waals surface area contributed by atoms with Crippen LogP contribution in [0.15, 0.2) is 12.3 Å². The second-order valence-corrected chi connectivity index (χ2v) is 4.32. The number of hydrogen-bond acceptors (Lipinski definition) is 2. The van der Waals surface area contributed by atoms with E-state index in [0.717, 1.165) is 12.8 Å². The molecule has 4 heteroatoms. The number of nitriles is 1. The maximum Gasteiger partial charge on any atom is 0.147 e. The quantitative estimate of drug-likeness (QED) is 0.735. The molecular formula is C11H10ClFN2. The maximum absolute atomic E-state index is 13.6. The number of rotatable bonds is 1. The predicted octanol–water partition coefficient (Wildman–Crippen LogP) is 3.21. The summed E-state index contributed by atoms with van der Waals surface area (Å²) in [6, 6.07) is 3.43. The van der Waals surface area contributed by atoms with Gasteiger partial charge in [0.15, 0.2) is 0 Å². The lowest BCUT2D eigenvalue weighted by molar-refractivity contribution is 0.497. The van der Waals surface area contributed by atoms with E-state index in [1.165, 1.54) is 12.3 Å². The average Bonchev–Trinajstić information content (AvgIpc) is 2.67. The Morgan fingerprint density at radius 2 is 2.13 bits per heavy atom. The molecule has 1 saturated carbocycles. The fraction of sp³-hybridized carbons (Fsp3) is 0.455. The Bertz CT molecular complexity index is 419. The van der Waals surface area contributed by atoms with E-state index in [9.17, 15) is 9.65 Å². The summed E-state index contributed by atoms with van der Waals surface area (Å²) in [6.45, 7) is 0. The molecule has 1 aliphatic rings. The lowest BCUT2D eigenvalue weighted by Gasteiger charge is -2.19. The normalized spacial score (nSPS) is 18.7. The molecule has 1 aromatic heterocycles. The zero-order valence-electron chi connectivity index (χ0n) is 8.13. The first kappa shape index (κ1) is 10.4. The van der Waals surface area contributed by atoms with Crippen molar-refractivity contribution in [1.29, 1.82) is 5.26 Å². The van der Waals surface area contributed by atoms with Crippen molar-refractivity contribution in [3.8, 4) is 6.07 Å². The third kappa shape index (κ3) is 1.70. The van der Waals surface area contributed by atoms with Gasteiger partial charge < -0.3 is 0 Å². The largest absolute Gasteiger partial charge is 0.255 e. The van der Waals surface area contributed by atoms with Crippen molar-refractivity contribution in [3.05, 3.63) is 28.8 Å². The second-order valence-electron chi connectivity index (χ2n) is 3.88. The molecule has 0 aliphatic heterocycles. The molecule has 0 amide bonds. The number of pyridine rings is 1. The molecular weight excluding hydrogens is 215 g/mol. The lowest BCUT2D eigenvalue weighted by Crippen LogP contribution is -2.22. The van der Waals surface area contributed by atoms with Crippen molar-refractivity contribution in [2.45, 2.75) is 31.1 Å². The number of aromatic nitrogens is 1. The summed E-state index contributed by atoms with van der Waals surface area (Å²) in [6.07, 6.45) is 4.69. The van der Waals surface area contributed by atoms with Gasteiger partial charge in [-0.3, -0.25) is 4.98 Å². The zero-order chi connectivity index (χ0) is 10.9. The third-order valence-electron chi connectivity index (χ3n) is 2.93. The minimum Gasteiger partial charge on any atom is -0.255 e. The van der Waals surface area contributed by atoms with E-state index in [2.05, 4.69) is 11.1 Å². The number of nitrogens with zero attached hydrogens (tertiary/aromatic N) is 2. The topological polar surface area (TPSA) is 36.7 Å². The molecule has 15 heavy (non-hydrogen) atoms. The smallest absolute Gasteiger partial charge is 0.147 e. The van der Waals surface area contributed by atoms with Crippen molar-refractivity contribution in [2.24, 2.45) is 0 Å². The van der Waals surface area contributed by atoms with E-state index in [0.29, 0.717) is 12.8 Å². The van der Waals surface area contributed by atoms with E-state index in [-0.39, 0.29) is 10.7 Å². The van der Waals surface area contributed by atoms with E-state index in [1.54, 1.807) is 0 Å². The first-order valence-corrected chi connectivity index (χ1v) is 5.28. The highest BCUT2D eigenvalue weighted by atomic mass is 35.5. The van der Waals surface area contributed by atoms with E-state index in [4.69, 9.17) is 11.6 Å². The van der Waals surface area contributed by atoms with E-state index in [1.807, 2.05) is 0 Å². The SMILES string of the molecule is N#CC1(c2ncc(Cl)cc2F)CCCC1. The van der Waals surface area contributed by atoms with Gasteiger partial charge in [-0.2, -0.15) is 5.26 Å². The van der Waals surface area contributed by atoms with Crippen LogP contribution in [-0.2, 0) is 5.41 Å². The molecule has 0 N–H and O–H groups in total. The Morgan fingerprint density at radius 1 is 1.47 bits per heavy atom. The molecule has 0 unspecified atom stereocenters. The average molecular weight is 225 g/mol. The fourth-order valence-corrected chi connectivity index (χ4v) is 2.29. The van der Waals surface area contributed by atoms with Gasteiger partial charge in [-0.05, 0) is 18.9 Å². The second kappa shape index (κ2) is 3.79. The van der Waals surface area contributed by atoms with Crippen molar-refractivity contribution in [3.63, 3.8) is 0 Å². The highest BCUT2D eigenvalue weighted by molar-refractivity contribution is 6.30. The molecule has 1 aromatic rings. The minimum atomic E-state index is -0.728. The van der Waals surface area contributed by atoms with Crippen molar-refractivity contribution in [2.75, 3.05) is 0 Å². The molecule has 2 nitrogen and oxygen atoms in total. The molecule has 0 saturated heterocycles. The van der Waals surface area contributed by atoms with Gasteiger partial charge in [0.2, 0.25) is 0 Å². The van der Waals surface area contributed by atoms with Crippen LogP contribution in [0.1, 0.15) is 31.4 Å². The first-order chi connectivity index (χ1) is 7.18. The Balaban J connectivity index is 2.48. The predicted molar refractivity (Wildman–Crippen MR) is 55.0 cm³/mol. The molecule has 0 radical (unpaired) electrons. The van der Waals surface area contributed by atoms with Crippen LogP contribution in [-0.4, -0.2) is 4.98 Å². The summed E-state index contributed by atoms with van der Waals surface area (Å²) in [4.78, 5) is 3.97. The van der Waals surface area contributed by atoms with Gasteiger partial charge in [0.1, 0.15) is 11.2 Å². The van der Waals surface area contributed by atoms with E-state index < -0.39 is 11.2 Å². The number of halogens is 2. The van der Waals surface area contributed by atoms with Crippen LogP contribution >= 0.6 is 11.6 Å². The van der Waals surface area contributed by atoms with Crippen LogP contribution in [0.2, 0.25) is 5.02 Å². The maximum atomic E-state index is 13.6. The molecule has 1 aliphatic carbocycles. The van der Waals surface area contributed by atoms with Crippen LogP contribution in [0.3, 0.4) is 0 Å². The molecule has 1 fully saturated rings. The summed E-state index contributed by atoms with van der Waals surface area (Å²) in [7, 11) is 0. The highest BCUT2D eigenvalue weighted by Crippen LogP contribution is 2.40. The van der Waals surface area contributed by atoms with Gasteiger partial charge in [0.25, 0.3) is 0 Å². The molecule has 1 heterocycles. The molecule has 0 aromatic carbocycles. The van der Waals surface area contributed by atoms with Gasteiger partial charge >= 0.3 is 0 Å². The zero-order valence-corrected chi connectivity index (χ0v) is 8.89. The number of hydrogen-bond donors (Lipinski definition) is 0. The molecule has 0 bridgehead atoms. The standard InChI is InChI=1S/C11H10ClFN2/c12-8-5-9(13)10(15-6-8)11(7-14)3-1-2-4-11/h5-6H,1-4H2. The summed E-state index contributed by atoms with van der Waals surface area (Å²) in [5, 5.41) is 9.44. The highest BCUT2D eigenvalue weighted by Gasteiger charge is 2.39. The molecule has 0 atom stereocenters.